The average Bonchev–Trinajstić information content (AvgIpc) is 3.27. The van der Waals surface area contributed by atoms with E-state index in [1.165, 1.54) is 0 Å². The van der Waals surface area contributed by atoms with E-state index in [0.717, 1.165) is 16.5 Å². The van der Waals surface area contributed by atoms with Crippen LogP contribution in [0.1, 0.15) is 32.3 Å². The summed E-state index contributed by atoms with van der Waals surface area (Å²) in [6.07, 6.45) is 0.835. The Morgan fingerprint density at radius 1 is 1.24 bits per heavy atom. The van der Waals surface area contributed by atoms with Gasteiger partial charge in [0.15, 0.2) is 5.82 Å². The van der Waals surface area contributed by atoms with Crippen LogP contribution in [-0.4, -0.2) is 33.7 Å². The Morgan fingerprint density at radius 3 is 2.72 bits per heavy atom. The highest BCUT2D eigenvalue weighted by molar-refractivity contribution is 6.05. The molecule has 7 heteroatoms. The van der Waals surface area contributed by atoms with Gasteiger partial charge in [0.2, 0.25) is 11.8 Å². The molecule has 1 aliphatic heterocycles. The second-order valence-electron chi connectivity index (χ2n) is 7.46. The zero-order valence-electron chi connectivity index (χ0n) is 16.5. The SMILES string of the molecule is CC(C)Oc1cccc2c1c(NC(=O)[C@@H]1CCC(=O)N1)nn2Cc1ccccc1. The number of rotatable bonds is 6. The van der Waals surface area contributed by atoms with Crippen molar-refractivity contribution in [1.82, 2.24) is 15.1 Å². The quantitative estimate of drug-likeness (QED) is 0.675. The molecule has 2 amide bonds. The van der Waals surface area contributed by atoms with Gasteiger partial charge < -0.3 is 15.4 Å². The fraction of sp³-hybridized carbons (Fsp3) is 0.318. The second-order valence-corrected chi connectivity index (χ2v) is 7.46. The van der Waals surface area contributed by atoms with E-state index in [1.807, 2.05) is 67.1 Å². The van der Waals surface area contributed by atoms with Crippen molar-refractivity contribution in [3.63, 3.8) is 0 Å². The number of nitrogens with one attached hydrogen (secondary N) is 2. The molecule has 1 fully saturated rings. The van der Waals surface area contributed by atoms with Gasteiger partial charge in [0.1, 0.15) is 11.8 Å². The van der Waals surface area contributed by atoms with Crippen LogP contribution in [0, 0.1) is 0 Å². The smallest absolute Gasteiger partial charge is 0.248 e. The van der Waals surface area contributed by atoms with E-state index in [-0.39, 0.29) is 17.9 Å². The first-order chi connectivity index (χ1) is 14.0. The van der Waals surface area contributed by atoms with E-state index >= 15 is 0 Å². The van der Waals surface area contributed by atoms with Crippen molar-refractivity contribution in [2.45, 2.75) is 45.4 Å². The van der Waals surface area contributed by atoms with Crippen LogP contribution in [0.3, 0.4) is 0 Å². The predicted molar refractivity (Wildman–Crippen MR) is 111 cm³/mol. The Bertz CT molecular complexity index is 1040. The summed E-state index contributed by atoms with van der Waals surface area (Å²) in [4.78, 5) is 24.2. The maximum Gasteiger partial charge on any atom is 0.248 e. The van der Waals surface area contributed by atoms with Crippen molar-refractivity contribution < 1.29 is 14.3 Å². The van der Waals surface area contributed by atoms with Gasteiger partial charge in [-0.05, 0) is 38.0 Å². The number of benzene rings is 2. The van der Waals surface area contributed by atoms with E-state index in [2.05, 4.69) is 15.7 Å². The average molecular weight is 392 g/mol. The predicted octanol–water partition coefficient (Wildman–Crippen LogP) is 3.09. The Morgan fingerprint density at radius 2 is 2.03 bits per heavy atom. The maximum atomic E-state index is 12.7. The van der Waals surface area contributed by atoms with Crippen molar-refractivity contribution in [2.75, 3.05) is 5.32 Å². The van der Waals surface area contributed by atoms with Crippen LogP contribution in [-0.2, 0) is 16.1 Å². The summed E-state index contributed by atoms with van der Waals surface area (Å²) < 4.78 is 7.84. The van der Waals surface area contributed by atoms with Crippen LogP contribution in [0.4, 0.5) is 5.82 Å². The fourth-order valence-corrected chi connectivity index (χ4v) is 3.53. The fourth-order valence-electron chi connectivity index (χ4n) is 3.53. The van der Waals surface area contributed by atoms with Crippen molar-refractivity contribution >= 4 is 28.5 Å². The zero-order chi connectivity index (χ0) is 20.4. The van der Waals surface area contributed by atoms with Crippen LogP contribution in [0.25, 0.3) is 10.9 Å². The number of ether oxygens (including phenoxy) is 1. The van der Waals surface area contributed by atoms with Gasteiger partial charge in [0.25, 0.3) is 0 Å². The van der Waals surface area contributed by atoms with E-state index in [4.69, 9.17) is 4.74 Å². The van der Waals surface area contributed by atoms with Crippen molar-refractivity contribution in [3.05, 3.63) is 54.1 Å². The molecule has 2 N–H and O–H groups in total. The van der Waals surface area contributed by atoms with Crippen molar-refractivity contribution in [2.24, 2.45) is 0 Å². The highest BCUT2D eigenvalue weighted by Crippen LogP contribution is 2.33. The minimum Gasteiger partial charge on any atom is -0.490 e. The largest absolute Gasteiger partial charge is 0.490 e. The molecule has 0 spiro atoms. The molecular formula is C22H24N4O3. The third-order valence-corrected chi connectivity index (χ3v) is 4.83. The molecule has 0 aliphatic carbocycles. The molecule has 1 saturated heterocycles. The van der Waals surface area contributed by atoms with Crippen LogP contribution >= 0.6 is 0 Å². The summed E-state index contributed by atoms with van der Waals surface area (Å²) in [6.45, 7) is 4.48. The number of carbonyl (C=O) groups excluding carboxylic acids is 2. The van der Waals surface area contributed by atoms with Gasteiger partial charge in [0, 0.05) is 6.42 Å². The van der Waals surface area contributed by atoms with E-state index in [0.29, 0.717) is 31.0 Å². The minimum atomic E-state index is -0.532. The van der Waals surface area contributed by atoms with Gasteiger partial charge in [-0.25, -0.2) is 0 Å². The normalized spacial score (nSPS) is 16.2. The van der Waals surface area contributed by atoms with Crippen molar-refractivity contribution in [3.8, 4) is 5.75 Å². The number of hydrogen-bond acceptors (Lipinski definition) is 4. The summed E-state index contributed by atoms with van der Waals surface area (Å²) in [5.74, 6) is 0.746. The maximum absolute atomic E-state index is 12.7. The third-order valence-electron chi connectivity index (χ3n) is 4.83. The number of nitrogens with zero attached hydrogens (tertiary/aromatic N) is 2. The number of amides is 2. The molecule has 2 aromatic carbocycles. The van der Waals surface area contributed by atoms with Crippen LogP contribution in [0.5, 0.6) is 5.75 Å². The van der Waals surface area contributed by atoms with E-state index < -0.39 is 6.04 Å². The summed E-state index contributed by atoms with van der Waals surface area (Å²) >= 11 is 0. The van der Waals surface area contributed by atoms with Gasteiger partial charge in [-0.15, -0.1) is 0 Å². The molecule has 2 heterocycles. The number of fused-ring (bicyclic) bond motifs is 1. The summed E-state index contributed by atoms with van der Waals surface area (Å²) in [5.41, 5.74) is 1.98. The highest BCUT2D eigenvalue weighted by Gasteiger charge is 2.28. The number of aromatic nitrogens is 2. The van der Waals surface area contributed by atoms with Crippen LogP contribution in [0.15, 0.2) is 48.5 Å². The Hall–Kier alpha value is -3.35. The molecular weight excluding hydrogens is 368 g/mol. The topological polar surface area (TPSA) is 85.2 Å². The second kappa shape index (κ2) is 7.95. The highest BCUT2D eigenvalue weighted by atomic mass is 16.5. The Balaban J connectivity index is 1.73. The minimum absolute atomic E-state index is 0.0178. The first-order valence-electron chi connectivity index (χ1n) is 9.81. The van der Waals surface area contributed by atoms with E-state index in [9.17, 15) is 9.59 Å². The molecule has 0 radical (unpaired) electrons. The van der Waals surface area contributed by atoms with Gasteiger partial charge in [-0.2, -0.15) is 5.10 Å². The molecule has 0 bridgehead atoms. The lowest BCUT2D eigenvalue weighted by Crippen LogP contribution is -2.37. The molecule has 4 rings (SSSR count). The molecule has 3 aromatic rings. The lowest BCUT2D eigenvalue weighted by atomic mass is 10.2. The molecule has 150 valence electrons. The van der Waals surface area contributed by atoms with Crippen LogP contribution < -0.4 is 15.4 Å². The summed E-state index contributed by atoms with van der Waals surface area (Å²) in [6, 6.07) is 15.2. The number of hydrogen-bond donors (Lipinski definition) is 2. The molecule has 1 aliphatic rings. The summed E-state index contributed by atoms with van der Waals surface area (Å²) in [7, 11) is 0. The zero-order valence-corrected chi connectivity index (χ0v) is 16.5. The van der Waals surface area contributed by atoms with Gasteiger partial charge >= 0.3 is 0 Å². The van der Waals surface area contributed by atoms with Gasteiger partial charge in [0.05, 0.1) is 23.6 Å². The van der Waals surface area contributed by atoms with E-state index in [1.54, 1.807) is 0 Å². The van der Waals surface area contributed by atoms with Gasteiger partial charge in [-0.3, -0.25) is 14.3 Å². The van der Waals surface area contributed by atoms with Crippen LogP contribution in [0.2, 0.25) is 0 Å². The number of anilines is 1. The first kappa shape index (κ1) is 19.0. The molecule has 1 aromatic heterocycles. The molecule has 29 heavy (non-hydrogen) atoms. The Labute approximate surface area is 169 Å². The monoisotopic (exact) mass is 392 g/mol. The van der Waals surface area contributed by atoms with Gasteiger partial charge in [-0.1, -0.05) is 36.4 Å². The first-order valence-corrected chi connectivity index (χ1v) is 9.81. The third kappa shape index (κ3) is 4.08. The molecule has 0 unspecified atom stereocenters. The van der Waals surface area contributed by atoms with Crippen molar-refractivity contribution in [1.29, 1.82) is 0 Å². The standard InChI is InChI=1S/C22H24N4O3/c1-14(2)29-18-10-6-9-17-20(18)21(24-22(28)16-11-12-19(27)23-16)25-26(17)13-15-7-4-3-5-8-15/h3-10,14,16H,11-13H2,1-2H3,(H,23,27)(H,24,25,28)/t16-/m0/s1. The Kier molecular flexibility index (Phi) is 5.20. The molecule has 0 saturated carbocycles. The molecule has 7 nitrogen and oxygen atoms in total. The summed E-state index contributed by atoms with van der Waals surface area (Å²) in [5, 5.41) is 11.0. The lowest BCUT2D eigenvalue weighted by molar-refractivity contribution is -0.122. The number of carbonyl (C=O) groups is 2. The lowest BCUT2D eigenvalue weighted by Gasteiger charge is -2.13. The molecule has 1 atom stereocenters.